The average Bonchev–Trinajstić information content (AvgIpc) is 2.07. The molecule has 1 unspecified atom stereocenters. The van der Waals surface area contributed by atoms with Crippen LogP contribution in [0.15, 0.2) is 0 Å². The van der Waals surface area contributed by atoms with Gasteiger partial charge in [-0.1, -0.05) is 13.8 Å². The van der Waals surface area contributed by atoms with E-state index in [1.165, 1.54) is 0 Å². The van der Waals surface area contributed by atoms with Crippen LogP contribution in [0.2, 0.25) is 0 Å². The number of halogens is 3. The minimum absolute atomic E-state index is 0.222. The highest BCUT2D eigenvalue weighted by molar-refractivity contribution is 4.81. The molecule has 0 aromatic rings. The molecule has 0 bridgehead atoms. The Morgan fingerprint density at radius 2 is 1.73 bits per heavy atom. The van der Waals surface area contributed by atoms with E-state index in [-0.39, 0.29) is 12.0 Å². The Kier molecular flexibility index (Phi) is 3.66. The number of aliphatic hydroxyl groups is 1. The molecule has 1 fully saturated rings. The van der Waals surface area contributed by atoms with Crippen LogP contribution in [0, 0.1) is 5.41 Å². The van der Waals surface area contributed by atoms with E-state index >= 15 is 0 Å². The molecule has 2 nitrogen and oxygen atoms in total. The van der Waals surface area contributed by atoms with Crippen LogP contribution in [0.5, 0.6) is 0 Å². The maximum atomic E-state index is 12.1. The van der Waals surface area contributed by atoms with Crippen LogP contribution in [-0.4, -0.2) is 41.9 Å². The van der Waals surface area contributed by atoms with Gasteiger partial charge in [-0.3, -0.25) is 0 Å². The third kappa shape index (κ3) is 3.99. The van der Waals surface area contributed by atoms with Gasteiger partial charge < -0.3 is 10.0 Å². The second kappa shape index (κ2) is 4.29. The van der Waals surface area contributed by atoms with Crippen molar-refractivity contribution < 1.29 is 18.3 Å². The second-order valence-electron chi connectivity index (χ2n) is 5.02. The fourth-order valence-electron chi connectivity index (χ4n) is 1.69. The number of piperidine rings is 1. The lowest BCUT2D eigenvalue weighted by Crippen LogP contribution is -2.45. The van der Waals surface area contributed by atoms with Crippen LogP contribution >= 0.6 is 0 Å². The lowest BCUT2D eigenvalue weighted by Gasteiger charge is -2.37. The highest BCUT2D eigenvalue weighted by Crippen LogP contribution is 2.30. The van der Waals surface area contributed by atoms with Crippen LogP contribution in [0.4, 0.5) is 13.2 Å². The molecule has 1 heterocycles. The van der Waals surface area contributed by atoms with Crippen molar-refractivity contribution in [1.82, 2.24) is 4.90 Å². The van der Waals surface area contributed by atoms with Crippen LogP contribution < -0.4 is 0 Å². The second-order valence-corrected chi connectivity index (χ2v) is 5.02. The quantitative estimate of drug-likeness (QED) is 0.777. The number of likely N-dealkylation sites (tertiary alicyclic amines) is 1. The first-order valence-electron chi connectivity index (χ1n) is 5.18. The van der Waals surface area contributed by atoms with E-state index in [0.717, 1.165) is 12.8 Å². The summed E-state index contributed by atoms with van der Waals surface area (Å²) in [4.78, 5) is 1.68. The summed E-state index contributed by atoms with van der Waals surface area (Å²) in [7, 11) is 0. The van der Waals surface area contributed by atoms with Gasteiger partial charge in [0.2, 0.25) is 0 Å². The summed E-state index contributed by atoms with van der Waals surface area (Å²) in [5.41, 5.74) is 0.222. The zero-order chi connectivity index (χ0) is 11.7. The molecule has 1 atom stereocenters. The first-order valence-corrected chi connectivity index (χ1v) is 5.18. The Bertz CT molecular complexity index is 205. The molecule has 1 N–H and O–H groups in total. The average molecular weight is 225 g/mol. The maximum Gasteiger partial charge on any atom is 0.415 e. The Morgan fingerprint density at radius 3 is 2.13 bits per heavy atom. The fourth-order valence-corrected chi connectivity index (χ4v) is 1.69. The number of hydrogen-bond acceptors (Lipinski definition) is 2. The molecule has 15 heavy (non-hydrogen) atoms. The van der Waals surface area contributed by atoms with Gasteiger partial charge >= 0.3 is 6.18 Å². The van der Waals surface area contributed by atoms with Crippen molar-refractivity contribution in [3.63, 3.8) is 0 Å². The minimum atomic E-state index is -4.49. The number of aliphatic hydroxyl groups excluding tert-OH is 1. The summed E-state index contributed by atoms with van der Waals surface area (Å²) in [6.45, 7) is 5.22. The number of alkyl halides is 3. The first-order chi connectivity index (χ1) is 6.71. The van der Waals surface area contributed by atoms with Crippen molar-refractivity contribution in [2.75, 3.05) is 19.6 Å². The van der Waals surface area contributed by atoms with Crippen LogP contribution in [-0.2, 0) is 0 Å². The van der Waals surface area contributed by atoms with Crippen molar-refractivity contribution in [3.8, 4) is 0 Å². The van der Waals surface area contributed by atoms with E-state index in [1.807, 2.05) is 0 Å². The van der Waals surface area contributed by atoms with E-state index in [1.54, 1.807) is 4.90 Å². The number of hydrogen-bond donors (Lipinski definition) is 1. The number of β-amino-alcohol motifs (C(OH)–C–C–N with tert-alkyl or cyclic N) is 1. The summed E-state index contributed by atoms with van der Waals surface area (Å²) in [5, 5.41) is 8.90. The van der Waals surface area contributed by atoms with Gasteiger partial charge in [0.15, 0.2) is 6.10 Å². The smallest absolute Gasteiger partial charge is 0.382 e. The maximum absolute atomic E-state index is 12.1. The van der Waals surface area contributed by atoms with Gasteiger partial charge in [-0.05, 0) is 31.3 Å². The lowest BCUT2D eigenvalue weighted by molar-refractivity contribution is -0.209. The number of nitrogens with zero attached hydrogens (tertiary/aromatic N) is 1. The van der Waals surface area contributed by atoms with Gasteiger partial charge in [0.05, 0.1) is 0 Å². The van der Waals surface area contributed by atoms with Crippen molar-refractivity contribution >= 4 is 0 Å². The standard InChI is InChI=1S/C10H18F3NO/c1-9(2)3-5-14(6-4-9)7-8(15)10(11,12)13/h8,15H,3-7H2,1-2H3. The van der Waals surface area contributed by atoms with E-state index < -0.39 is 12.3 Å². The Hall–Kier alpha value is -0.290. The summed E-state index contributed by atoms with van der Waals surface area (Å²) in [6.07, 6.45) is -4.93. The molecule has 0 amide bonds. The summed E-state index contributed by atoms with van der Waals surface area (Å²) >= 11 is 0. The van der Waals surface area contributed by atoms with Gasteiger partial charge in [0.1, 0.15) is 0 Å². The van der Waals surface area contributed by atoms with Crippen molar-refractivity contribution in [2.24, 2.45) is 5.41 Å². The van der Waals surface area contributed by atoms with Gasteiger partial charge in [0, 0.05) is 6.54 Å². The molecule has 0 radical (unpaired) electrons. The van der Waals surface area contributed by atoms with Crippen molar-refractivity contribution in [2.45, 2.75) is 39.0 Å². The molecular weight excluding hydrogens is 207 g/mol. The molecule has 1 aliphatic heterocycles. The van der Waals surface area contributed by atoms with Gasteiger partial charge in [-0.15, -0.1) is 0 Å². The molecular formula is C10H18F3NO. The summed E-state index contributed by atoms with van der Waals surface area (Å²) in [6, 6.07) is 0. The largest absolute Gasteiger partial charge is 0.415 e. The SMILES string of the molecule is CC1(C)CCN(CC(O)C(F)(F)F)CC1. The molecule has 0 aromatic heterocycles. The Balaban J connectivity index is 2.36. The molecule has 0 aromatic carbocycles. The van der Waals surface area contributed by atoms with E-state index in [2.05, 4.69) is 13.8 Å². The van der Waals surface area contributed by atoms with Crippen LogP contribution in [0.3, 0.4) is 0 Å². The topological polar surface area (TPSA) is 23.5 Å². The van der Waals surface area contributed by atoms with E-state index in [4.69, 9.17) is 5.11 Å². The third-order valence-electron chi connectivity index (χ3n) is 3.02. The van der Waals surface area contributed by atoms with Crippen molar-refractivity contribution in [3.05, 3.63) is 0 Å². The van der Waals surface area contributed by atoms with Gasteiger partial charge in [-0.2, -0.15) is 13.2 Å². The molecule has 90 valence electrons. The normalized spacial score (nSPS) is 25.2. The lowest BCUT2D eigenvalue weighted by atomic mass is 9.82. The highest BCUT2D eigenvalue weighted by Gasteiger charge is 2.39. The first kappa shape index (κ1) is 12.8. The monoisotopic (exact) mass is 225 g/mol. The van der Waals surface area contributed by atoms with Crippen molar-refractivity contribution in [1.29, 1.82) is 0 Å². The highest BCUT2D eigenvalue weighted by atomic mass is 19.4. The molecule has 5 heteroatoms. The van der Waals surface area contributed by atoms with E-state index in [0.29, 0.717) is 13.1 Å². The number of rotatable bonds is 2. The Labute approximate surface area is 88.1 Å². The third-order valence-corrected chi connectivity index (χ3v) is 3.02. The molecule has 0 aliphatic carbocycles. The zero-order valence-corrected chi connectivity index (χ0v) is 9.14. The zero-order valence-electron chi connectivity index (χ0n) is 9.14. The summed E-state index contributed by atoms with van der Waals surface area (Å²) in [5.74, 6) is 0. The van der Waals surface area contributed by atoms with E-state index in [9.17, 15) is 13.2 Å². The Morgan fingerprint density at radius 1 is 1.27 bits per heavy atom. The summed E-state index contributed by atoms with van der Waals surface area (Å²) < 4.78 is 36.2. The fraction of sp³-hybridized carbons (Fsp3) is 1.00. The molecule has 0 saturated carbocycles. The molecule has 1 aliphatic rings. The van der Waals surface area contributed by atoms with Gasteiger partial charge in [0.25, 0.3) is 0 Å². The van der Waals surface area contributed by atoms with Crippen LogP contribution in [0.1, 0.15) is 26.7 Å². The predicted molar refractivity (Wildman–Crippen MR) is 51.5 cm³/mol. The van der Waals surface area contributed by atoms with Gasteiger partial charge in [-0.25, -0.2) is 0 Å². The predicted octanol–water partition coefficient (Wildman–Crippen LogP) is 2.03. The molecule has 0 spiro atoms. The molecule has 1 saturated heterocycles. The minimum Gasteiger partial charge on any atom is -0.382 e. The molecule has 1 rings (SSSR count). The van der Waals surface area contributed by atoms with Crippen LogP contribution in [0.25, 0.3) is 0 Å².